The number of hydrogen-bond acceptors (Lipinski definition) is 3. The third-order valence-electron chi connectivity index (χ3n) is 8.26. The van der Waals surface area contributed by atoms with Gasteiger partial charge in [0.05, 0.1) is 12.2 Å². The molecule has 1 radical (unpaired) electrons. The number of nitrogens with zero attached hydrogens (tertiary/aromatic N) is 1. The molecule has 0 amide bonds. The van der Waals surface area contributed by atoms with Crippen LogP contribution in [0.25, 0.3) is 22.0 Å². The van der Waals surface area contributed by atoms with Gasteiger partial charge in [-0.2, -0.15) is 0 Å². The van der Waals surface area contributed by atoms with Gasteiger partial charge in [0.15, 0.2) is 0 Å². The van der Waals surface area contributed by atoms with Gasteiger partial charge in [0.1, 0.15) is 0 Å². The number of aliphatic hydroxyl groups is 2. The van der Waals surface area contributed by atoms with Gasteiger partial charge in [-0.3, -0.25) is 0 Å². The number of aromatic nitrogens is 1. The second kappa shape index (κ2) is 13.8. The molecule has 2 aromatic carbocycles. The van der Waals surface area contributed by atoms with Gasteiger partial charge in [-0.15, -0.1) is 35.9 Å². The van der Waals surface area contributed by atoms with Gasteiger partial charge in [0, 0.05) is 32.2 Å². The Bertz CT molecular complexity index is 1070. The van der Waals surface area contributed by atoms with E-state index in [4.69, 9.17) is 0 Å². The number of aliphatic hydroxyl groups excluding tert-OH is 2. The van der Waals surface area contributed by atoms with Gasteiger partial charge < -0.3 is 15.2 Å². The maximum atomic E-state index is 10.6. The number of pyridine rings is 1. The topological polar surface area (TPSA) is 53.4 Å². The summed E-state index contributed by atoms with van der Waals surface area (Å²) in [4.78, 5) is 4.48. The molecule has 1 aromatic heterocycles. The van der Waals surface area contributed by atoms with Crippen LogP contribution in [0.2, 0.25) is 0 Å². The predicted molar refractivity (Wildman–Crippen MR) is 145 cm³/mol. The summed E-state index contributed by atoms with van der Waals surface area (Å²) in [5.74, 6) is 1.62. The minimum absolute atomic E-state index is 0. The van der Waals surface area contributed by atoms with Crippen LogP contribution in [0.3, 0.4) is 0 Å². The first-order valence-corrected chi connectivity index (χ1v) is 13.7. The normalized spacial score (nSPS) is 27.4. The fraction of sp³-hybridized carbons (Fsp3) is 0.531. The average Bonchev–Trinajstić information content (AvgIpc) is 3.09. The fourth-order valence-electron chi connectivity index (χ4n) is 6.59. The van der Waals surface area contributed by atoms with Crippen LogP contribution in [-0.4, -0.2) is 27.4 Å². The fourth-order valence-corrected chi connectivity index (χ4v) is 6.59. The number of rotatable bonds is 5. The molecule has 5 rings (SSSR count). The van der Waals surface area contributed by atoms with Gasteiger partial charge in [0.2, 0.25) is 0 Å². The van der Waals surface area contributed by atoms with E-state index in [2.05, 4.69) is 56.1 Å². The molecule has 3 nitrogen and oxygen atoms in total. The molecule has 2 saturated carbocycles. The van der Waals surface area contributed by atoms with Gasteiger partial charge in [0.25, 0.3) is 0 Å². The molecule has 0 spiro atoms. The molecule has 0 saturated heterocycles. The van der Waals surface area contributed by atoms with E-state index in [9.17, 15) is 10.2 Å². The van der Waals surface area contributed by atoms with Crippen LogP contribution >= 0.6 is 0 Å². The maximum absolute atomic E-state index is 10.6. The second-order valence-electron chi connectivity index (χ2n) is 10.7. The van der Waals surface area contributed by atoms with E-state index in [0.717, 1.165) is 49.8 Å². The van der Waals surface area contributed by atoms with E-state index in [1.54, 1.807) is 0 Å². The minimum Gasteiger partial charge on any atom is -0.392 e. The standard InChI is InChI=1S/C16H12N.C16H30O2.Ir/c1-12-7-8-15-14(11-12)9-10-17-16(15)13-5-3-2-4-6-13;1-3-6-11-8-5-9-12-10-13(7-4-2)16(18)14(12)15(11)17;/h2-5,7-11H,1H3;11-18H,3-10H2,1-2H3;/q-1;;/t;11-,12?,13-,14?,15?,16?;/m.0./s1. The third kappa shape index (κ3) is 6.64. The van der Waals surface area contributed by atoms with Crippen molar-refractivity contribution in [3.63, 3.8) is 0 Å². The molecule has 2 aliphatic rings. The summed E-state index contributed by atoms with van der Waals surface area (Å²) in [6.45, 7) is 6.49. The van der Waals surface area contributed by atoms with E-state index in [1.807, 2.05) is 30.5 Å². The van der Waals surface area contributed by atoms with Crippen molar-refractivity contribution >= 4 is 10.8 Å². The first-order chi connectivity index (χ1) is 17.0. The molecule has 2 aliphatic carbocycles. The molecule has 0 aliphatic heterocycles. The van der Waals surface area contributed by atoms with Crippen molar-refractivity contribution in [2.75, 3.05) is 0 Å². The molecule has 36 heavy (non-hydrogen) atoms. The molecule has 6 atom stereocenters. The van der Waals surface area contributed by atoms with Crippen LogP contribution in [0.4, 0.5) is 0 Å². The Kier molecular flexibility index (Phi) is 11.1. The van der Waals surface area contributed by atoms with Crippen molar-refractivity contribution in [3.05, 3.63) is 66.4 Å². The van der Waals surface area contributed by atoms with Gasteiger partial charge in [-0.05, 0) is 79.3 Å². The van der Waals surface area contributed by atoms with Gasteiger partial charge >= 0.3 is 0 Å². The number of benzene rings is 2. The Hall–Kier alpha value is -1.58. The molecule has 1 heterocycles. The quantitative estimate of drug-likeness (QED) is 0.280. The summed E-state index contributed by atoms with van der Waals surface area (Å²) < 4.78 is 0. The average molecular weight is 665 g/mol. The van der Waals surface area contributed by atoms with E-state index in [-0.39, 0.29) is 38.2 Å². The summed E-state index contributed by atoms with van der Waals surface area (Å²) in [6, 6.07) is 19.7. The smallest absolute Gasteiger partial charge is 0.0624 e. The summed E-state index contributed by atoms with van der Waals surface area (Å²) in [7, 11) is 0. The number of aryl methyl sites for hydroxylation is 1. The third-order valence-corrected chi connectivity index (χ3v) is 8.26. The monoisotopic (exact) mass is 665 g/mol. The Labute approximate surface area is 231 Å². The number of hydrogen-bond donors (Lipinski definition) is 2. The molecular weight excluding hydrogens is 623 g/mol. The Morgan fingerprint density at radius 2 is 1.69 bits per heavy atom. The van der Waals surface area contributed by atoms with Crippen LogP contribution in [0.15, 0.2) is 54.7 Å². The van der Waals surface area contributed by atoms with Crippen LogP contribution in [0, 0.1) is 36.7 Å². The van der Waals surface area contributed by atoms with Crippen LogP contribution in [-0.2, 0) is 20.1 Å². The van der Waals surface area contributed by atoms with Crippen molar-refractivity contribution in [2.24, 2.45) is 23.7 Å². The SMILES string of the molecule is CCC[C@H]1CCCC2C[C@H](CCC)C(O)C2C1O.Cc1ccc2c(-c3[c-]cccc3)nccc2c1.[Ir]. The summed E-state index contributed by atoms with van der Waals surface area (Å²) >= 11 is 0. The summed E-state index contributed by atoms with van der Waals surface area (Å²) in [5.41, 5.74) is 3.32. The minimum atomic E-state index is -0.255. The van der Waals surface area contributed by atoms with E-state index < -0.39 is 0 Å². The van der Waals surface area contributed by atoms with E-state index >= 15 is 0 Å². The molecule has 2 N–H and O–H groups in total. The molecule has 4 unspecified atom stereocenters. The molecule has 197 valence electrons. The first-order valence-electron chi connectivity index (χ1n) is 13.7. The zero-order valence-corrected chi connectivity index (χ0v) is 24.4. The van der Waals surface area contributed by atoms with E-state index in [1.165, 1.54) is 29.2 Å². The molecule has 2 fully saturated rings. The van der Waals surface area contributed by atoms with Gasteiger partial charge in [-0.1, -0.05) is 56.9 Å². The van der Waals surface area contributed by atoms with E-state index in [0.29, 0.717) is 17.8 Å². The van der Waals surface area contributed by atoms with Crippen LogP contribution < -0.4 is 0 Å². The van der Waals surface area contributed by atoms with Crippen molar-refractivity contribution in [1.29, 1.82) is 0 Å². The second-order valence-corrected chi connectivity index (χ2v) is 10.7. The van der Waals surface area contributed by atoms with Gasteiger partial charge in [-0.25, -0.2) is 0 Å². The zero-order valence-electron chi connectivity index (χ0n) is 22.0. The van der Waals surface area contributed by atoms with Crippen LogP contribution in [0.1, 0.15) is 70.8 Å². The van der Waals surface area contributed by atoms with Crippen molar-refractivity contribution in [2.45, 2.75) is 84.3 Å². The summed E-state index contributed by atoms with van der Waals surface area (Å²) in [5, 5.41) is 23.6. The Morgan fingerprint density at radius 1 is 0.944 bits per heavy atom. The largest absolute Gasteiger partial charge is 0.392 e. The Balaban J connectivity index is 0.000000195. The zero-order chi connectivity index (χ0) is 24.8. The molecule has 3 aromatic rings. The summed E-state index contributed by atoms with van der Waals surface area (Å²) in [6.07, 6.45) is 10.7. The van der Waals surface area contributed by atoms with Crippen molar-refractivity contribution in [3.8, 4) is 11.3 Å². The first kappa shape index (κ1) is 29.0. The van der Waals surface area contributed by atoms with Crippen molar-refractivity contribution < 1.29 is 30.3 Å². The van der Waals surface area contributed by atoms with Crippen molar-refractivity contribution in [1.82, 2.24) is 4.98 Å². The molecule has 4 heteroatoms. The maximum Gasteiger partial charge on any atom is 0.0624 e. The number of fused-ring (bicyclic) bond motifs is 2. The van der Waals surface area contributed by atoms with Crippen LogP contribution in [0.5, 0.6) is 0 Å². The molecule has 0 bridgehead atoms. The predicted octanol–water partition coefficient (Wildman–Crippen LogP) is 7.37. The molecular formula is C32H42IrNO2-. The Morgan fingerprint density at radius 3 is 2.42 bits per heavy atom.